The van der Waals surface area contributed by atoms with Crippen LogP contribution in [-0.4, -0.2) is 28.4 Å². The van der Waals surface area contributed by atoms with Gasteiger partial charge in [-0.1, -0.05) is 12.1 Å². The molecule has 0 aliphatic heterocycles. The molecule has 1 amide bonds. The molecule has 2 rings (SSSR count). The van der Waals surface area contributed by atoms with E-state index >= 15 is 0 Å². The third kappa shape index (κ3) is 1.72. The topological polar surface area (TPSA) is 93.9 Å². The number of carbonyl (C=O) groups is 1. The fourth-order valence-corrected chi connectivity index (χ4v) is 1.37. The summed E-state index contributed by atoms with van der Waals surface area (Å²) in [5, 5.41) is 9.96. The third-order valence-electron chi connectivity index (χ3n) is 2.12. The molecule has 0 unspecified atom stereocenters. The fourth-order valence-electron chi connectivity index (χ4n) is 1.37. The van der Waals surface area contributed by atoms with Gasteiger partial charge in [0, 0.05) is 5.56 Å². The van der Waals surface area contributed by atoms with Crippen molar-refractivity contribution in [3.63, 3.8) is 0 Å². The van der Waals surface area contributed by atoms with Crippen molar-refractivity contribution in [2.24, 2.45) is 5.73 Å². The summed E-state index contributed by atoms with van der Waals surface area (Å²) in [7, 11) is 1.57. The lowest BCUT2D eigenvalue weighted by atomic mass is 10.1. The maximum atomic E-state index is 11.1. The van der Waals surface area contributed by atoms with Crippen LogP contribution in [0.15, 0.2) is 24.3 Å². The Balaban J connectivity index is 2.50. The van der Waals surface area contributed by atoms with E-state index in [0.29, 0.717) is 11.4 Å². The summed E-state index contributed by atoms with van der Waals surface area (Å²) in [5.41, 5.74) is 6.44. The average Bonchev–Trinajstić information content (AvgIpc) is 2.78. The summed E-state index contributed by atoms with van der Waals surface area (Å²) in [6.45, 7) is 0. The van der Waals surface area contributed by atoms with Gasteiger partial charge in [-0.3, -0.25) is 4.79 Å². The highest BCUT2D eigenvalue weighted by molar-refractivity contribution is 5.96. The number of amides is 1. The second-order valence-electron chi connectivity index (χ2n) is 3.12. The Hall–Kier alpha value is -2.37. The minimum absolute atomic E-state index is 0.119. The lowest BCUT2D eigenvalue weighted by Crippen LogP contribution is -2.12. The second kappa shape index (κ2) is 4.01. The van der Waals surface area contributed by atoms with E-state index in [0.717, 1.165) is 5.56 Å². The molecule has 6 nitrogen and oxygen atoms in total. The lowest BCUT2D eigenvalue weighted by Gasteiger charge is -2.02. The molecular formula is C10H10N4O2. The van der Waals surface area contributed by atoms with Crippen molar-refractivity contribution in [2.75, 3.05) is 7.11 Å². The summed E-state index contributed by atoms with van der Waals surface area (Å²) >= 11 is 0. The second-order valence-corrected chi connectivity index (χ2v) is 3.12. The number of ether oxygens (including phenoxy) is 1. The van der Waals surface area contributed by atoms with Crippen molar-refractivity contribution in [3.05, 3.63) is 30.0 Å². The minimum Gasteiger partial charge on any atom is -0.497 e. The Morgan fingerprint density at radius 1 is 1.44 bits per heavy atom. The molecule has 0 spiro atoms. The van der Waals surface area contributed by atoms with Gasteiger partial charge in [0.15, 0.2) is 5.69 Å². The number of hydrogen-bond donors (Lipinski definition) is 2. The number of rotatable bonds is 3. The number of aromatic amines is 1. The van der Waals surface area contributed by atoms with Crippen LogP contribution in [0, 0.1) is 0 Å². The summed E-state index contributed by atoms with van der Waals surface area (Å²) in [6, 6.07) is 7.15. The maximum absolute atomic E-state index is 11.1. The van der Waals surface area contributed by atoms with E-state index in [-0.39, 0.29) is 5.69 Å². The molecule has 16 heavy (non-hydrogen) atoms. The zero-order valence-electron chi connectivity index (χ0n) is 8.60. The normalized spacial score (nSPS) is 10.1. The van der Waals surface area contributed by atoms with Crippen molar-refractivity contribution in [1.29, 1.82) is 0 Å². The van der Waals surface area contributed by atoms with E-state index in [1.54, 1.807) is 31.4 Å². The molecule has 0 saturated carbocycles. The summed E-state index contributed by atoms with van der Waals surface area (Å²) < 4.78 is 5.08. The summed E-state index contributed by atoms with van der Waals surface area (Å²) in [6.07, 6.45) is 0. The van der Waals surface area contributed by atoms with E-state index in [1.807, 2.05) is 0 Å². The van der Waals surface area contributed by atoms with E-state index in [1.165, 1.54) is 0 Å². The smallest absolute Gasteiger partial charge is 0.271 e. The average molecular weight is 218 g/mol. The Kier molecular flexibility index (Phi) is 2.55. The highest BCUT2D eigenvalue weighted by atomic mass is 16.5. The number of H-pyrrole nitrogens is 1. The predicted molar refractivity (Wildman–Crippen MR) is 56.9 cm³/mol. The van der Waals surface area contributed by atoms with Gasteiger partial charge >= 0.3 is 0 Å². The molecule has 0 aliphatic rings. The van der Waals surface area contributed by atoms with E-state index < -0.39 is 5.91 Å². The van der Waals surface area contributed by atoms with Crippen LogP contribution in [-0.2, 0) is 0 Å². The molecule has 82 valence electrons. The van der Waals surface area contributed by atoms with Crippen LogP contribution in [0.2, 0.25) is 0 Å². The Morgan fingerprint density at radius 2 is 2.25 bits per heavy atom. The van der Waals surface area contributed by atoms with Gasteiger partial charge in [0.2, 0.25) is 0 Å². The minimum atomic E-state index is -0.619. The van der Waals surface area contributed by atoms with Crippen molar-refractivity contribution < 1.29 is 9.53 Å². The molecule has 6 heteroatoms. The molecule has 0 aliphatic carbocycles. The first-order valence-corrected chi connectivity index (χ1v) is 4.57. The number of nitrogens with zero attached hydrogens (tertiary/aromatic N) is 2. The van der Waals surface area contributed by atoms with Gasteiger partial charge < -0.3 is 10.5 Å². The lowest BCUT2D eigenvalue weighted by molar-refractivity contribution is 0.0996. The molecule has 2 aromatic rings. The first-order valence-electron chi connectivity index (χ1n) is 4.57. The standard InChI is InChI=1S/C10H10N4O2/c1-16-7-4-2-3-6(5-7)8-9(10(11)15)13-14-12-8/h2-5H,1H3,(H2,11,15)(H,12,13,14). The number of benzene rings is 1. The first-order chi connectivity index (χ1) is 7.72. The van der Waals surface area contributed by atoms with Crippen molar-refractivity contribution in [1.82, 2.24) is 15.4 Å². The van der Waals surface area contributed by atoms with Gasteiger partial charge in [0.05, 0.1) is 7.11 Å². The van der Waals surface area contributed by atoms with Crippen molar-refractivity contribution >= 4 is 5.91 Å². The number of primary amides is 1. The number of nitrogens with one attached hydrogen (secondary N) is 1. The number of hydrogen-bond acceptors (Lipinski definition) is 4. The van der Waals surface area contributed by atoms with Gasteiger partial charge in [0.1, 0.15) is 11.4 Å². The van der Waals surface area contributed by atoms with Gasteiger partial charge in [-0.15, -0.1) is 0 Å². The largest absolute Gasteiger partial charge is 0.497 e. The van der Waals surface area contributed by atoms with Gasteiger partial charge in [-0.05, 0) is 12.1 Å². The van der Waals surface area contributed by atoms with Crippen LogP contribution in [0.3, 0.4) is 0 Å². The van der Waals surface area contributed by atoms with Crippen LogP contribution in [0.4, 0.5) is 0 Å². The Bertz CT molecular complexity index is 521. The molecule has 1 aromatic carbocycles. The van der Waals surface area contributed by atoms with E-state index in [4.69, 9.17) is 10.5 Å². The highest BCUT2D eigenvalue weighted by Crippen LogP contribution is 2.23. The third-order valence-corrected chi connectivity index (χ3v) is 2.12. The zero-order chi connectivity index (χ0) is 11.5. The zero-order valence-corrected chi connectivity index (χ0v) is 8.60. The molecular weight excluding hydrogens is 208 g/mol. The molecule has 0 saturated heterocycles. The molecule has 0 bridgehead atoms. The van der Waals surface area contributed by atoms with Gasteiger partial charge in [-0.25, -0.2) is 0 Å². The van der Waals surface area contributed by atoms with Crippen LogP contribution in [0.5, 0.6) is 5.75 Å². The van der Waals surface area contributed by atoms with Gasteiger partial charge in [-0.2, -0.15) is 15.4 Å². The predicted octanol–water partition coefficient (Wildman–Crippen LogP) is 0.579. The number of methoxy groups -OCH3 is 1. The Labute approximate surface area is 91.4 Å². The molecule has 1 heterocycles. The highest BCUT2D eigenvalue weighted by Gasteiger charge is 2.15. The van der Waals surface area contributed by atoms with E-state index in [9.17, 15) is 4.79 Å². The molecule has 1 aromatic heterocycles. The number of carbonyl (C=O) groups excluding carboxylic acids is 1. The van der Waals surface area contributed by atoms with Crippen LogP contribution in [0.25, 0.3) is 11.3 Å². The van der Waals surface area contributed by atoms with Crippen LogP contribution < -0.4 is 10.5 Å². The first kappa shape index (κ1) is 10.2. The van der Waals surface area contributed by atoms with Crippen LogP contribution >= 0.6 is 0 Å². The van der Waals surface area contributed by atoms with E-state index in [2.05, 4.69) is 15.4 Å². The quantitative estimate of drug-likeness (QED) is 0.787. The van der Waals surface area contributed by atoms with Gasteiger partial charge in [0.25, 0.3) is 5.91 Å². The molecule has 3 N–H and O–H groups in total. The molecule has 0 atom stereocenters. The fraction of sp³-hybridized carbons (Fsp3) is 0.100. The number of nitrogens with two attached hydrogens (primary N) is 1. The molecule has 0 fully saturated rings. The Morgan fingerprint density at radius 3 is 2.94 bits per heavy atom. The monoisotopic (exact) mass is 218 g/mol. The summed E-state index contributed by atoms with van der Waals surface area (Å²) in [5.74, 6) is 0.0579. The van der Waals surface area contributed by atoms with Crippen LogP contribution in [0.1, 0.15) is 10.5 Å². The summed E-state index contributed by atoms with van der Waals surface area (Å²) in [4.78, 5) is 11.1. The SMILES string of the molecule is COc1cccc(-c2n[nH]nc2C(N)=O)c1. The van der Waals surface area contributed by atoms with Crippen molar-refractivity contribution in [3.8, 4) is 17.0 Å². The molecule has 0 radical (unpaired) electrons. The van der Waals surface area contributed by atoms with Crippen molar-refractivity contribution in [2.45, 2.75) is 0 Å². The maximum Gasteiger partial charge on any atom is 0.271 e. The number of aromatic nitrogens is 3.